The molecule has 0 saturated heterocycles. The third-order valence-corrected chi connectivity index (χ3v) is 1.82. The molecule has 0 unspecified atom stereocenters. The predicted octanol–water partition coefficient (Wildman–Crippen LogP) is 2.87. The maximum absolute atomic E-state index is 12.8. The van der Waals surface area contributed by atoms with Gasteiger partial charge in [0.15, 0.2) is 5.82 Å². The van der Waals surface area contributed by atoms with E-state index in [1.165, 1.54) is 0 Å². The quantitative estimate of drug-likeness (QED) is 0.627. The highest BCUT2D eigenvalue weighted by atomic mass is 35.5. The molecule has 0 spiro atoms. The fourth-order valence-corrected chi connectivity index (χ4v) is 1.04. The lowest BCUT2D eigenvalue weighted by molar-refractivity contribution is 0.0171. The molecule has 1 aromatic heterocycles. The Bertz CT molecular complexity index is 349. The molecule has 0 aliphatic carbocycles. The average molecular weight is 220 g/mol. The van der Waals surface area contributed by atoms with Crippen LogP contribution in [-0.2, 0) is 5.92 Å². The van der Waals surface area contributed by atoms with Crippen LogP contribution in [0.15, 0.2) is 17.4 Å². The van der Waals surface area contributed by atoms with Gasteiger partial charge in [-0.25, -0.2) is 13.8 Å². The van der Waals surface area contributed by atoms with Gasteiger partial charge in [-0.1, -0.05) is 11.6 Å². The first kappa shape index (κ1) is 10.8. The van der Waals surface area contributed by atoms with Crippen molar-refractivity contribution in [2.24, 2.45) is 5.10 Å². The summed E-state index contributed by atoms with van der Waals surface area (Å²) in [7, 11) is 0. The van der Waals surface area contributed by atoms with Gasteiger partial charge < -0.3 is 0 Å². The lowest BCUT2D eigenvalue weighted by atomic mass is 10.2. The fraction of sp³-hybridized carbons (Fsp3) is 0.250. The molecule has 0 aromatic carbocycles. The Morgan fingerprint density at radius 2 is 2.29 bits per heavy atom. The van der Waals surface area contributed by atoms with Gasteiger partial charge in [-0.15, -0.1) is 0 Å². The van der Waals surface area contributed by atoms with Gasteiger partial charge in [-0.05, 0) is 6.07 Å². The number of hydrogen-bond acceptors (Lipinski definition) is 3. The molecule has 0 aliphatic rings. The van der Waals surface area contributed by atoms with Crippen molar-refractivity contribution in [2.75, 3.05) is 5.43 Å². The van der Waals surface area contributed by atoms with Gasteiger partial charge in [0.25, 0.3) is 5.92 Å². The largest absolute Gasteiger partial charge is 0.272 e. The number of anilines is 1. The number of halogens is 3. The number of rotatable bonds is 3. The molecule has 0 radical (unpaired) electrons. The number of hydrazone groups is 1. The van der Waals surface area contributed by atoms with Crippen LogP contribution in [0.3, 0.4) is 0 Å². The molecule has 1 rings (SSSR count). The highest BCUT2D eigenvalue weighted by molar-refractivity contribution is 6.32. The van der Waals surface area contributed by atoms with Gasteiger partial charge >= 0.3 is 0 Å². The molecule has 76 valence electrons. The Labute approximate surface area is 84.8 Å². The van der Waals surface area contributed by atoms with Crippen LogP contribution in [0.2, 0.25) is 5.02 Å². The van der Waals surface area contributed by atoms with Crippen LogP contribution in [0.5, 0.6) is 0 Å². The summed E-state index contributed by atoms with van der Waals surface area (Å²) in [6, 6.07) is 1.14. The van der Waals surface area contributed by atoms with E-state index < -0.39 is 5.92 Å². The molecule has 0 saturated carbocycles. The maximum atomic E-state index is 12.8. The Morgan fingerprint density at radius 1 is 1.64 bits per heavy atom. The van der Waals surface area contributed by atoms with Crippen molar-refractivity contribution in [2.45, 2.75) is 12.8 Å². The van der Waals surface area contributed by atoms with Gasteiger partial charge in [0.05, 0.1) is 5.02 Å². The van der Waals surface area contributed by atoms with Crippen LogP contribution in [0.1, 0.15) is 12.5 Å². The lowest BCUT2D eigenvalue weighted by Crippen LogP contribution is -2.08. The number of pyridine rings is 1. The number of aromatic nitrogens is 1. The topological polar surface area (TPSA) is 37.3 Å². The van der Waals surface area contributed by atoms with E-state index in [4.69, 9.17) is 11.6 Å². The molecular formula is C8H8ClF2N3. The van der Waals surface area contributed by atoms with Crippen LogP contribution in [0, 0.1) is 0 Å². The van der Waals surface area contributed by atoms with Gasteiger partial charge in [0.1, 0.15) is 0 Å². The summed E-state index contributed by atoms with van der Waals surface area (Å²) in [5, 5.41) is 3.40. The van der Waals surface area contributed by atoms with E-state index in [2.05, 4.69) is 22.2 Å². The summed E-state index contributed by atoms with van der Waals surface area (Å²) in [5.41, 5.74) is 2.14. The molecule has 0 bridgehead atoms. The Hall–Kier alpha value is -1.23. The smallest absolute Gasteiger partial charge is 0.261 e. The summed E-state index contributed by atoms with van der Waals surface area (Å²) >= 11 is 5.67. The zero-order valence-electron chi connectivity index (χ0n) is 7.39. The van der Waals surface area contributed by atoms with Crippen molar-refractivity contribution in [3.8, 4) is 0 Å². The normalized spacial score (nSPS) is 11.1. The van der Waals surface area contributed by atoms with Crippen molar-refractivity contribution in [1.82, 2.24) is 4.98 Å². The molecule has 3 nitrogen and oxygen atoms in total. The van der Waals surface area contributed by atoms with Gasteiger partial charge in [-0.3, -0.25) is 5.43 Å². The first-order valence-corrected chi connectivity index (χ1v) is 4.08. The van der Waals surface area contributed by atoms with Crippen molar-refractivity contribution < 1.29 is 8.78 Å². The van der Waals surface area contributed by atoms with Crippen molar-refractivity contribution in [3.05, 3.63) is 22.8 Å². The van der Waals surface area contributed by atoms with Gasteiger partial charge in [0, 0.05) is 25.4 Å². The molecule has 0 atom stereocenters. The van der Waals surface area contributed by atoms with Gasteiger partial charge in [-0.2, -0.15) is 5.10 Å². The molecule has 1 heterocycles. The van der Waals surface area contributed by atoms with E-state index >= 15 is 0 Å². The highest BCUT2D eigenvalue weighted by Crippen LogP contribution is 2.30. The van der Waals surface area contributed by atoms with Crippen LogP contribution in [0.4, 0.5) is 14.6 Å². The average Bonchev–Trinajstić information content (AvgIpc) is 2.07. The van der Waals surface area contributed by atoms with Crippen LogP contribution in [0.25, 0.3) is 0 Å². The Balaban J connectivity index is 3.06. The molecule has 0 fully saturated rings. The first-order valence-electron chi connectivity index (χ1n) is 3.70. The van der Waals surface area contributed by atoms with Crippen LogP contribution >= 0.6 is 11.6 Å². The number of nitrogens with one attached hydrogen (secondary N) is 1. The number of nitrogens with zero attached hydrogens (tertiary/aromatic N) is 2. The zero-order chi connectivity index (χ0) is 10.8. The Morgan fingerprint density at radius 3 is 2.71 bits per heavy atom. The summed E-state index contributed by atoms with van der Waals surface area (Å²) in [6.45, 7) is 3.94. The first-order chi connectivity index (χ1) is 6.45. The second-order valence-corrected chi connectivity index (χ2v) is 3.12. The minimum atomic E-state index is -2.95. The van der Waals surface area contributed by atoms with E-state index in [9.17, 15) is 8.78 Å². The second-order valence-electron chi connectivity index (χ2n) is 2.71. The Kier molecular flexibility index (Phi) is 3.00. The summed E-state index contributed by atoms with van der Waals surface area (Å²) < 4.78 is 25.6. The molecule has 0 amide bonds. The third kappa shape index (κ3) is 2.38. The lowest BCUT2D eigenvalue weighted by Gasteiger charge is -2.11. The molecule has 1 aromatic rings. The predicted molar refractivity (Wildman–Crippen MR) is 52.0 cm³/mol. The number of alkyl halides is 2. The van der Waals surface area contributed by atoms with Crippen molar-refractivity contribution >= 4 is 24.1 Å². The van der Waals surface area contributed by atoms with Crippen LogP contribution < -0.4 is 5.43 Å². The van der Waals surface area contributed by atoms with E-state index in [-0.39, 0.29) is 16.4 Å². The summed E-state index contributed by atoms with van der Waals surface area (Å²) in [5.74, 6) is -2.74. The molecule has 0 aliphatic heterocycles. The fourth-order valence-electron chi connectivity index (χ4n) is 0.835. The van der Waals surface area contributed by atoms with E-state index in [0.29, 0.717) is 0 Å². The van der Waals surface area contributed by atoms with E-state index in [1.807, 2.05) is 0 Å². The SMILES string of the molecule is C=NNc1ncc(C(C)(F)F)cc1Cl. The molecule has 14 heavy (non-hydrogen) atoms. The standard InChI is InChI=1S/C8H8ClF2N3/c1-8(10,11)5-3-6(9)7(13-4-5)14-12-2/h3-4H,2H2,1H3,(H,13,14). The van der Waals surface area contributed by atoms with E-state index in [1.54, 1.807) is 0 Å². The maximum Gasteiger partial charge on any atom is 0.272 e. The minimum Gasteiger partial charge on any atom is -0.261 e. The summed E-state index contributed by atoms with van der Waals surface area (Å²) in [4.78, 5) is 3.68. The van der Waals surface area contributed by atoms with Gasteiger partial charge in [0.2, 0.25) is 0 Å². The molecule has 6 heteroatoms. The minimum absolute atomic E-state index is 0.0800. The third-order valence-electron chi connectivity index (χ3n) is 1.53. The summed E-state index contributed by atoms with van der Waals surface area (Å²) in [6.07, 6.45) is 1.04. The monoisotopic (exact) mass is 219 g/mol. The number of hydrogen-bond donors (Lipinski definition) is 1. The highest BCUT2D eigenvalue weighted by Gasteiger charge is 2.25. The van der Waals surface area contributed by atoms with Crippen LogP contribution in [-0.4, -0.2) is 11.7 Å². The zero-order valence-corrected chi connectivity index (χ0v) is 8.15. The van der Waals surface area contributed by atoms with Crippen molar-refractivity contribution in [1.29, 1.82) is 0 Å². The second kappa shape index (κ2) is 3.88. The van der Waals surface area contributed by atoms with Crippen molar-refractivity contribution in [3.63, 3.8) is 0 Å². The molecule has 1 N–H and O–H groups in total. The van der Waals surface area contributed by atoms with E-state index in [0.717, 1.165) is 19.2 Å². The molecular weight excluding hydrogens is 212 g/mol.